The van der Waals surface area contributed by atoms with Crippen LogP contribution in [-0.4, -0.2) is 31.9 Å². The average Bonchev–Trinajstić information content (AvgIpc) is 3.33. The predicted octanol–water partition coefficient (Wildman–Crippen LogP) is 6.15. The Morgan fingerprint density at radius 2 is 1.60 bits per heavy atom. The summed E-state index contributed by atoms with van der Waals surface area (Å²) in [7, 11) is 0. The number of thiazole rings is 1. The quantitative estimate of drug-likeness (QED) is 0.287. The van der Waals surface area contributed by atoms with E-state index in [1.807, 2.05) is 61.8 Å². The van der Waals surface area contributed by atoms with Gasteiger partial charge in [0.2, 0.25) is 11.9 Å². The lowest BCUT2D eigenvalue weighted by molar-refractivity contribution is 0.0927. The van der Waals surface area contributed by atoms with Gasteiger partial charge in [-0.1, -0.05) is 33.1 Å². The van der Waals surface area contributed by atoms with Crippen molar-refractivity contribution in [3.8, 4) is 0 Å². The van der Waals surface area contributed by atoms with Crippen LogP contribution in [-0.2, 0) is 0 Å². The molecule has 0 spiro atoms. The van der Waals surface area contributed by atoms with Crippen molar-refractivity contribution in [2.75, 3.05) is 10.6 Å². The van der Waals surface area contributed by atoms with E-state index in [1.165, 1.54) is 19.3 Å². The van der Waals surface area contributed by atoms with Gasteiger partial charge in [0.1, 0.15) is 5.82 Å². The highest BCUT2D eigenvalue weighted by Crippen LogP contribution is 2.25. The number of amides is 1. The molecule has 2 heterocycles. The second-order valence-corrected chi connectivity index (χ2v) is 10.1. The van der Waals surface area contributed by atoms with E-state index < -0.39 is 0 Å². The molecule has 0 unspecified atom stereocenters. The molecule has 0 bridgehead atoms. The number of nitrogens with one attached hydrogen (secondary N) is 3. The van der Waals surface area contributed by atoms with Crippen molar-refractivity contribution in [3.05, 3.63) is 59.4 Å². The normalized spacial score (nSPS) is 14.3. The summed E-state index contributed by atoms with van der Waals surface area (Å²) < 4.78 is 1.10. The highest BCUT2D eigenvalue weighted by Gasteiger charge is 2.17. The molecule has 4 aromatic rings. The molecule has 9 heteroatoms. The minimum absolute atomic E-state index is 0.0184. The SMILES string of the molecule is CC(C)c1nc(Nc2ccc(C(=O)NC3CCCCC3)cc2)nc(Nc2ccc3ncsc3c2)n1. The van der Waals surface area contributed by atoms with Gasteiger partial charge in [-0.25, -0.2) is 4.98 Å². The Balaban J connectivity index is 1.30. The first-order valence-electron chi connectivity index (χ1n) is 12.1. The third-order valence-electron chi connectivity index (χ3n) is 6.10. The number of hydrogen-bond donors (Lipinski definition) is 3. The second-order valence-electron chi connectivity index (χ2n) is 9.17. The first-order chi connectivity index (χ1) is 17.0. The molecule has 5 rings (SSSR count). The van der Waals surface area contributed by atoms with Crippen LogP contribution >= 0.6 is 11.3 Å². The second kappa shape index (κ2) is 10.4. The average molecular weight is 488 g/mol. The molecule has 1 amide bonds. The highest BCUT2D eigenvalue weighted by atomic mass is 32.1. The van der Waals surface area contributed by atoms with E-state index in [-0.39, 0.29) is 17.9 Å². The van der Waals surface area contributed by atoms with Gasteiger partial charge in [-0.05, 0) is 55.3 Å². The minimum Gasteiger partial charge on any atom is -0.349 e. The van der Waals surface area contributed by atoms with Gasteiger partial charge in [0.05, 0.1) is 15.7 Å². The minimum atomic E-state index is -0.0184. The van der Waals surface area contributed by atoms with Gasteiger partial charge in [-0.2, -0.15) is 15.0 Å². The maximum absolute atomic E-state index is 12.6. The van der Waals surface area contributed by atoms with Crippen LogP contribution in [0.15, 0.2) is 48.0 Å². The molecular weight excluding hydrogens is 458 g/mol. The van der Waals surface area contributed by atoms with E-state index in [1.54, 1.807) is 11.3 Å². The third-order valence-corrected chi connectivity index (χ3v) is 6.89. The van der Waals surface area contributed by atoms with Crippen molar-refractivity contribution < 1.29 is 4.79 Å². The number of fused-ring (bicyclic) bond motifs is 1. The number of carbonyl (C=O) groups excluding carboxylic acids is 1. The Hall–Kier alpha value is -3.59. The largest absolute Gasteiger partial charge is 0.349 e. The van der Waals surface area contributed by atoms with E-state index in [0.717, 1.165) is 34.4 Å². The van der Waals surface area contributed by atoms with E-state index in [0.29, 0.717) is 23.3 Å². The predicted molar refractivity (Wildman–Crippen MR) is 141 cm³/mol. The van der Waals surface area contributed by atoms with Crippen LogP contribution in [0.5, 0.6) is 0 Å². The molecule has 0 atom stereocenters. The molecule has 1 aliphatic rings. The molecule has 0 radical (unpaired) electrons. The van der Waals surface area contributed by atoms with E-state index in [2.05, 4.69) is 35.9 Å². The van der Waals surface area contributed by atoms with Crippen molar-refractivity contribution in [2.24, 2.45) is 0 Å². The molecular formula is C26H29N7OS. The van der Waals surface area contributed by atoms with Gasteiger partial charge in [-0.15, -0.1) is 11.3 Å². The summed E-state index contributed by atoms with van der Waals surface area (Å²) in [5.41, 5.74) is 5.15. The zero-order chi connectivity index (χ0) is 24.2. The van der Waals surface area contributed by atoms with Gasteiger partial charge < -0.3 is 16.0 Å². The summed E-state index contributed by atoms with van der Waals surface area (Å²) in [6.45, 7) is 4.10. The third kappa shape index (κ3) is 5.74. The van der Waals surface area contributed by atoms with Gasteiger partial charge >= 0.3 is 0 Å². The number of carbonyl (C=O) groups is 1. The van der Waals surface area contributed by atoms with E-state index >= 15 is 0 Å². The summed E-state index contributed by atoms with van der Waals surface area (Å²) in [5.74, 6) is 1.72. The monoisotopic (exact) mass is 487 g/mol. The van der Waals surface area contributed by atoms with Crippen LogP contribution in [0.1, 0.15) is 68.1 Å². The summed E-state index contributed by atoms with van der Waals surface area (Å²) >= 11 is 1.59. The van der Waals surface area contributed by atoms with Crippen molar-refractivity contribution in [3.63, 3.8) is 0 Å². The van der Waals surface area contributed by atoms with Crippen molar-refractivity contribution in [2.45, 2.75) is 57.9 Å². The summed E-state index contributed by atoms with van der Waals surface area (Å²) in [5, 5.41) is 9.71. The molecule has 2 aromatic heterocycles. The standard InChI is InChI=1S/C26H29N7OS/c1-16(2)23-31-25(33-26(32-23)30-20-12-13-21-22(14-20)35-15-27-21)29-19-10-8-17(9-11-19)24(34)28-18-6-4-3-5-7-18/h8-16,18H,3-7H2,1-2H3,(H,28,34)(H2,29,30,31,32,33). The number of nitrogens with zero attached hydrogens (tertiary/aromatic N) is 4. The lowest BCUT2D eigenvalue weighted by atomic mass is 9.95. The van der Waals surface area contributed by atoms with E-state index in [9.17, 15) is 4.79 Å². The first-order valence-corrected chi connectivity index (χ1v) is 13.0. The maximum atomic E-state index is 12.6. The van der Waals surface area contributed by atoms with Crippen LogP contribution in [0.3, 0.4) is 0 Å². The van der Waals surface area contributed by atoms with Crippen molar-refractivity contribution in [1.82, 2.24) is 25.3 Å². The summed E-state index contributed by atoms with van der Waals surface area (Å²) in [6, 6.07) is 13.7. The lowest BCUT2D eigenvalue weighted by Gasteiger charge is -2.22. The zero-order valence-electron chi connectivity index (χ0n) is 19.9. The number of rotatable bonds is 7. The molecule has 1 saturated carbocycles. The Kier molecular flexibility index (Phi) is 6.85. The van der Waals surface area contributed by atoms with Crippen LogP contribution < -0.4 is 16.0 Å². The molecule has 2 aromatic carbocycles. The first kappa shape index (κ1) is 23.2. The number of benzene rings is 2. The van der Waals surface area contributed by atoms with Gasteiger partial charge in [0.15, 0.2) is 0 Å². The molecule has 35 heavy (non-hydrogen) atoms. The zero-order valence-corrected chi connectivity index (χ0v) is 20.7. The Morgan fingerprint density at radius 3 is 2.31 bits per heavy atom. The molecule has 180 valence electrons. The Bertz CT molecular complexity index is 1310. The smallest absolute Gasteiger partial charge is 0.251 e. The molecule has 0 aliphatic heterocycles. The number of hydrogen-bond acceptors (Lipinski definition) is 8. The molecule has 1 fully saturated rings. The van der Waals surface area contributed by atoms with Crippen LogP contribution in [0, 0.1) is 0 Å². The molecule has 3 N–H and O–H groups in total. The highest BCUT2D eigenvalue weighted by molar-refractivity contribution is 7.16. The fourth-order valence-electron chi connectivity index (χ4n) is 4.17. The molecule has 1 aliphatic carbocycles. The van der Waals surface area contributed by atoms with E-state index in [4.69, 9.17) is 0 Å². The topological polar surface area (TPSA) is 105 Å². The Morgan fingerprint density at radius 1 is 0.914 bits per heavy atom. The fourth-order valence-corrected chi connectivity index (χ4v) is 4.89. The van der Waals surface area contributed by atoms with Crippen LogP contribution in [0.25, 0.3) is 10.2 Å². The number of anilines is 4. The summed E-state index contributed by atoms with van der Waals surface area (Å²) in [4.78, 5) is 30.7. The molecule has 0 saturated heterocycles. The van der Waals surface area contributed by atoms with Crippen molar-refractivity contribution in [1.29, 1.82) is 0 Å². The molecule has 8 nitrogen and oxygen atoms in total. The van der Waals surface area contributed by atoms with Gasteiger partial charge in [0, 0.05) is 28.9 Å². The van der Waals surface area contributed by atoms with Crippen molar-refractivity contribution >= 4 is 50.7 Å². The summed E-state index contributed by atoms with van der Waals surface area (Å²) in [6.07, 6.45) is 5.78. The van der Waals surface area contributed by atoms with Crippen LogP contribution in [0.2, 0.25) is 0 Å². The fraction of sp³-hybridized carbons (Fsp3) is 0.346. The Labute approximate surface area is 208 Å². The van der Waals surface area contributed by atoms with Gasteiger partial charge in [0.25, 0.3) is 5.91 Å². The van der Waals surface area contributed by atoms with Crippen LogP contribution in [0.4, 0.5) is 23.3 Å². The van der Waals surface area contributed by atoms with Gasteiger partial charge in [-0.3, -0.25) is 4.79 Å². The lowest BCUT2D eigenvalue weighted by Crippen LogP contribution is -2.36. The number of aromatic nitrogens is 4. The maximum Gasteiger partial charge on any atom is 0.251 e.